The summed E-state index contributed by atoms with van der Waals surface area (Å²) in [6, 6.07) is 0. The first-order valence-electron chi connectivity index (χ1n) is 3.29. The second-order valence-corrected chi connectivity index (χ2v) is 2.17. The SMILES string of the molecule is [CH+]=C1C=C[CH-]C=C1CCO. The Bertz CT molecular complexity index is 187. The van der Waals surface area contributed by atoms with Gasteiger partial charge in [0, 0.05) is 6.61 Å². The number of allylic oxidation sites excluding steroid dienone is 4. The van der Waals surface area contributed by atoms with Crippen molar-refractivity contribution in [1.29, 1.82) is 0 Å². The molecule has 0 bridgehead atoms. The summed E-state index contributed by atoms with van der Waals surface area (Å²) in [5, 5.41) is 8.59. The first kappa shape index (κ1) is 7.07. The topological polar surface area (TPSA) is 20.2 Å². The molecule has 0 radical (unpaired) electrons. The molecule has 0 atom stereocenters. The lowest BCUT2D eigenvalue weighted by Gasteiger charge is -2.14. The van der Waals surface area contributed by atoms with Crippen LogP contribution in [0.5, 0.6) is 0 Å². The van der Waals surface area contributed by atoms with Gasteiger partial charge in [-0.05, 0) is 12.0 Å². The van der Waals surface area contributed by atoms with E-state index in [-0.39, 0.29) is 6.61 Å². The van der Waals surface area contributed by atoms with E-state index in [1.165, 1.54) is 0 Å². The third-order valence-electron chi connectivity index (χ3n) is 1.44. The van der Waals surface area contributed by atoms with Crippen LogP contribution in [0.1, 0.15) is 6.42 Å². The quantitative estimate of drug-likeness (QED) is 0.566. The molecule has 1 rings (SSSR count). The van der Waals surface area contributed by atoms with Gasteiger partial charge in [0.2, 0.25) is 0 Å². The molecule has 0 aliphatic heterocycles. The zero-order valence-corrected chi connectivity index (χ0v) is 5.75. The Hall–Kier alpha value is -1.04. The van der Waals surface area contributed by atoms with Gasteiger partial charge >= 0.3 is 0 Å². The van der Waals surface area contributed by atoms with Crippen molar-refractivity contribution in [2.24, 2.45) is 0 Å². The van der Waals surface area contributed by atoms with Crippen LogP contribution in [-0.2, 0) is 0 Å². The van der Waals surface area contributed by atoms with E-state index in [0.29, 0.717) is 6.42 Å². The molecule has 1 N–H and O–H groups in total. The highest BCUT2D eigenvalue weighted by atomic mass is 16.2. The van der Waals surface area contributed by atoms with E-state index >= 15 is 0 Å². The van der Waals surface area contributed by atoms with Crippen LogP contribution < -0.4 is 0 Å². The predicted molar refractivity (Wildman–Crippen MR) is 41.0 cm³/mol. The summed E-state index contributed by atoms with van der Waals surface area (Å²) in [6.07, 6.45) is 8.21. The minimum absolute atomic E-state index is 0.161. The van der Waals surface area contributed by atoms with Gasteiger partial charge in [0.25, 0.3) is 0 Å². The van der Waals surface area contributed by atoms with Crippen LogP contribution in [0.15, 0.2) is 29.4 Å². The number of aliphatic hydroxyl groups is 1. The average molecular weight is 134 g/mol. The largest absolute Gasteiger partial charge is 0.397 e. The summed E-state index contributed by atoms with van der Waals surface area (Å²) in [4.78, 5) is 0. The van der Waals surface area contributed by atoms with Crippen molar-refractivity contribution in [3.63, 3.8) is 0 Å². The molecule has 52 valence electrons. The van der Waals surface area contributed by atoms with E-state index in [9.17, 15) is 0 Å². The molecule has 0 fully saturated rings. The molecule has 1 nitrogen and oxygen atoms in total. The van der Waals surface area contributed by atoms with Crippen molar-refractivity contribution >= 4 is 0 Å². The number of rotatable bonds is 2. The third kappa shape index (κ3) is 1.47. The van der Waals surface area contributed by atoms with Crippen molar-refractivity contribution in [2.75, 3.05) is 6.61 Å². The minimum Gasteiger partial charge on any atom is -0.397 e. The van der Waals surface area contributed by atoms with Gasteiger partial charge < -0.3 is 5.11 Å². The summed E-state index contributed by atoms with van der Waals surface area (Å²) >= 11 is 0. The normalized spacial score (nSPS) is 16.4. The van der Waals surface area contributed by atoms with Gasteiger partial charge in [-0.25, -0.2) is 0 Å². The summed E-state index contributed by atoms with van der Waals surface area (Å²) < 4.78 is 0. The second kappa shape index (κ2) is 3.21. The van der Waals surface area contributed by atoms with E-state index in [0.717, 1.165) is 11.1 Å². The lowest BCUT2D eigenvalue weighted by Crippen LogP contribution is -1.93. The third-order valence-corrected chi connectivity index (χ3v) is 1.44. The van der Waals surface area contributed by atoms with Gasteiger partial charge in [-0.1, -0.05) is 6.58 Å². The average Bonchev–Trinajstić information content (AvgIpc) is 1.94. The van der Waals surface area contributed by atoms with Crippen molar-refractivity contribution in [3.05, 3.63) is 42.4 Å². The Balaban J connectivity index is 2.57. The number of hydrogen-bond donors (Lipinski definition) is 1. The van der Waals surface area contributed by atoms with Crippen LogP contribution in [0.4, 0.5) is 0 Å². The summed E-state index contributed by atoms with van der Waals surface area (Å²) in [5.41, 5.74) is 1.78. The van der Waals surface area contributed by atoms with Crippen LogP contribution >= 0.6 is 0 Å². The van der Waals surface area contributed by atoms with Gasteiger partial charge in [0.1, 0.15) is 0 Å². The highest BCUT2D eigenvalue weighted by Gasteiger charge is 1.95. The van der Waals surface area contributed by atoms with Gasteiger partial charge in [-0.15, -0.1) is 11.6 Å². The zero-order chi connectivity index (χ0) is 7.40. The Labute approximate surface area is 61.4 Å². The maximum atomic E-state index is 8.59. The fourth-order valence-corrected chi connectivity index (χ4v) is 0.882. The molecule has 10 heavy (non-hydrogen) atoms. The fraction of sp³-hybridized carbons (Fsp3) is 0.222. The van der Waals surface area contributed by atoms with Gasteiger partial charge in [-0.3, -0.25) is 0 Å². The molecular formula is C9H10O. The zero-order valence-electron chi connectivity index (χ0n) is 5.75. The van der Waals surface area contributed by atoms with Crippen LogP contribution in [-0.4, -0.2) is 11.7 Å². The number of aliphatic hydroxyl groups excluding tert-OH is 1. The Morgan fingerprint density at radius 2 is 2.40 bits per heavy atom. The summed E-state index contributed by atoms with van der Waals surface area (Å²) in [5.74, 6) is 0. The lowest BCUT2D eigenvalue weighted by molar-refractivity contribution is 0.300. The first-order chi connectivity index (χ1) is 4.84. The standard InChI is InChI=1S/C9H10O/c1-8-4-2-3-5-9(8)6-7-10/h1-5,10H,6-7H2. The molecule has 0 aromatic carbocycles. The van der Waals surface area contributed by atoms with Crippen molar-refractivity contribution < 1.29 is 5.11 Å². The molecule has 0 spiro atoms. The van der Waals surface area contributed by atoms with Gasteiger partial charge in [-0.2, -0.15) is 18.6 Å². The Kier molecular flexibility index (Phi) is 2.27. The van der Waals surface area contributed by atoms with Crippen molar-refractivity contribution in [3.8, 4) is 0 Å². The highest BCUT2D eigenvalue weighted by molar-refractivity contribution is 5.43. The highest BCUT2D eigenvalue weighted by Crippen LogP contribution is 2.17. The van der Waals surface area contributed by atoms with E-state index in [4.69, 9.17) is 11.7 Å². The Morgan fingerprint density at radius 1 is 1.60 bits per heavy atom. The lowest BCUT2D eigenvalue weighted by atomic mass is 9.99. The smallest absolute Gasteiger partial charge is 0.0367 e. The Morgan fingerprint density at radius 3 is 3.00 bits per heavy atom. The first-order valence-corrected chi connectivity index (χ1v) is 3.29. The van der Waals surface area contributed by atoms with Crippen LogP contribution in [0.2, 0.25) is 0 Å². The summed E-state index contributed by atoms with van der Waals surface area (Å²) in [6.45, 7) is 5.76. The molecule has 1 aliphatic carbocycles. The van der Waals surface area contributed by atoms with Crippen LogP contribution in [0.3, 0.4) is 0 Å². The fourth-order valence-electron chi connectivity index (χ4n) is 0.882. The molecule has 0 saturated heterocycles. The molecule has 0 unspecified atom stereocenters. The molecule has 1 heteroatoms. The van der Waals surface area contributed by atoms with Crippen LogP contribution in [0, 0.1) is 13.0 Å². The second-order valence-electron chi connectivity index (χ2n) is 2.17. The van der Waals surface area contributed by atoms with Crippen molar-refractivity contribution in [1.82, 2.24) is 0 Å². The predicted octanol–water partition coefficient (Wildman–Crippen LogP) is 1.43. The molecule has 0 heterocycles. The molecule has 0 aromatic rings. The maximum absolute atomic E-state index is 8.59. The molecule has 1 aliphatic rings. The van der Waals surface area contributed by atoms with E-state index in [1.54, 1.807) is 0 Å². The van der Waals surface area contributed by atoms with Crippen molar-refractivity contribution in [2.45, 2.75) is 6.42 Å². The van der Waals surface area contributed by atoms with E-state index < -0.39 is 0 Å². The monoisotopic (exact) mass is 134 g/mol. The van der Waals surface area contributed by atoms with Crippen LogP contribution in [0.25, 0.3) is 0 Å². The van der Waals surface area contributed by atoms with E-state index in [2.05, 4.69) is 0 Å². The molecule has 0 amide bonds. The van der Waals surface area contributed by atoms with Gasteiger partial charge in [0.05, 0.1) is 0 Å². The minimum atomic E-state index is 0.161. The maximum Gasteiger partial charge on any atom is 0.0367 e. The van der Waals surface area contributed by atoms with Gasteiger partial charge in [0.15, 0.2) is 0 Å². The molecule has 0 saturated carbocycles. The van der Waals surface area contributed by atoms with E-state index in [1.807, 2.05) is 24.6 Å². The molecule has 0 aromatic heterocycles. The number of hydrogen-bond acceptors (Lipinski definition) is 1. The molecular weight excluding hydrogens is 124 g/mol. The summed E-state index contributed by atoms with van der Waals surface area (Å²) in [7, 11) is 0.